The molecule has 0 aromatic carbocycles. The minimum Gasteiger partial charge on any atom is -0.305 e. The standard InChI is InChI=1S/C14H14N4O2S/c1-8(19)12-13-10(6-15-12)14(18-17-13)16-11(20)3-2-9-4-5-21-7-9/h2-5,7,12,15H,6H2,1H3,(H2,16,17,18,20). The van der Waals surface area contributed by atoms with Crippen LogP contribution in [0.15, 0.2) is 22.9 Å². The number of nitrogens with one attached hydrogen (secondary N) is 3. The monoisotopic (exact) mass is 302 g/mol. The van der Waals surface area contributed by atoms with Crippen LogP contribution in [0.5, 0.6) is 0 Å². The van der Waals surface area contributed by atoms with Gasteiger partial charge in [0.05, 0.1) is 5.69 Å². The molecule has 7 heteroatoms. The van der Waals surface area contributed by atoms with Crippen molar-refractivity contribution in [3.8, 4) is 0 Å². The quantitative estimate of drug-likeness (QED) is 0.752. The number of H-pyrrole nitrogens is 1. The van der Waals surface area contributed by atoms with Gasteiger partial charge in [0.25, 0.3) is 0 Å². The summed E-state index contributed by atoms with van der Waals surface area (Å²) in [5, 5.41) is 16.6. The Labute approximate surface area is 125 Å². The van der Waals surface area contributed by atoms with Gasteiger partial charge in [-0.3, -0.25) is 20.0 Å². The molecule has 3 heterocycles. The minimum atomic E-state index is -0.362. The Hall–Kier alpha value is -2.25. The van der Waals surface area contributed by atoms with Gasteiger partial charge in [0.1, 0.15) is 6.04 Å². The fraction of sp³-hybridized carbons (Fsp3) is 0.214. The van der Waals surface area contributed by atoms with Crippen LogP contribution in [0.1, 0.15) is 29.8 Å². The number of hydrogen-bond donors (Lipinski definition) is 3. The third-order valence-corrected chi connectivity index (χ3v) is 3.99. The van der Waals surface area contributed by atoms with E-state index in [1.165, 1.54) is 13.0 Å². The molecule has 6 nitrogen and oxygen atoms in total. The summed E-state index contributed by atoms with van der Waals surface area (Å²) in [4.78, 5) is 23.4. The summed E-state index contributed by atoms with van der Waals surface area (Å²) >= 11 is 1.58. The average molecular weight is 302 g/mol. The Morgan fingerprint density at radius 1 is 1.52 bits per heavy atom. The van der Waals surface area contributed by atoms with Crippen LogP contribution in [0.3, 0.4) is 0 Å². The molecule has 21 heavy (non-hydrogen) atoms. The number of fused-ring (bicyclic) bond motifs is 1. The van der Waals surface area contributed by atoms with Crippen molar-refractivity contribution in [3.05, 3.63) is 39.7 Å². The molecule has 1 atom stereocenters. The first-order valence-electron chi connectivity index (χ1n) is 6.47. The SMILES string of the molecule is CC(=O)C1NCc2c(NC(=O)C=Cc3ccsc3)n[nH]c21. The highest BCUT2D eigenvalue weighted by Crippen LogP contribution is 2.29. The van der Waals surface area contributed by atoms with Crippen LogP contribution >= 0.6 is 11.3 Å². The van der Waals surface area contributed by atoms with Crippen molar-refractivity contribution in [2.24, 2.45) is 0 Å². The molecule has 2 aromatic heterocycles. The number of thiophene rings is 1. The molecular weight excluding hydrogens is 288 g/mol. The molecule has 1 unspecified atom stereocenters. The normalized spacial score (nSPS) is 17.1. The van der Waals surface area contributed by atoms with E-state index in [2.05, 4.69) is 20.8 Å². The Kier molecular flexibility index (Phi) is 3.68. The highest BCUT2D eigenvalue weighted by Gasteiger charge is 2.30. The summed E-state index contributed by atoms with van der Waals surface area (Å²) in [6.45, 7) is 2.04. The average Bonchev–Trinajstić information content (AvgIpc) is 3.14. The Morgan fingerprint density at radius 2 is 2.38 bits per heavy atom. The van der Waals surface area contributed by atoms with Gasteiger partial charge in [-0.15, -0.1) is 0 Å². The number of hydrogen-bond acceptors (Lipinski definition) is 5. The maximum atomic E-state index is 11.9. The number of ketones is 1. The third-order valence-electron chi connectivity index (χ3n) is 3.29. The Balaban J connectivity index is 1.71. The fourth-order valence-electron chi connectivity index (χ4n) is 2.25. The van der Waals surface area contributed by atoms with Gasteiger partial charge in [0.2, 0.25) is 5.91 Å². The molecule has 2 aromatic rings. The van der Waals surface area contributed by atoms with Crippen molar-refractivity contribution in [3.63, 3.8) is 0 Å². The number of carbonyl (C=O) groups excluding carboxylic acids is 2. The summed E-state index contributed by atoms with van der Waals surface area (Å²) in [5.41, 5.74) is 2.56. The van der Waals surface area contributed by atoms with Crippen LogP contribution in [0.2, 0.25) is 0 Å². The zero-order chi connectivity index (χ0) is 14.8. The van der Waals surface area contributed by atoms with E-state index in [0.717, 1.165) is 16.8 Å². The Morgan fingerprint density at radius 3 is 3.10 bits per heavy atom. The second kappa shape index (κ2) is 5.63. The lowest BCUT2D eigenvalue weighted by molar-refractivity contribution is -0.119. The van der Waals surface area contributed by atoms with Crippen molar-refractivity contribution in [2.45, 2.75) is 19.5 Å². The highest BCUT2D eigenvalue weighted by molar-refractivity contribution is 7.08. The molecule has 3 N–H and O–H groups in total. The number of carbonyl (C=O) groups is 2. The number of aromatic amines is 1. The molecule has 3 rings (SSSR count). The molecule has 1 amide bonds. The summed E-state index contributed by atoms with van der Waals surface area (Å²) in [6, 6.07) is 1.57. The molecule has 0 fully saturated rings. The van der Waals surface area contributed by atoms with E-state index < -0.39 is 0 Å². The number of amides is 1. The lowest BCUT2D eigenvalue weighted by Crippen LogP contribution is -2.20. The first kappa shape index (κ1) is 13.7. The number of rotatable bonds is 4. The molecule has 1 aliphatic rings. The second-order valence-electron chi connectivity index (χ2n) is 4.77. The number of anilines is 1. The van der Waals surface area contributed by atoms with E-state index in [1.54, 1.807) is 17.4 Å². The summed E-state index contributed by atoms with van der Waals surface area (Å²) < 4.78 is 0. The predicted molar refractivity (Wildman–Crippen MR) is 80.8 cm³/mol. The topological polar surface area (TPSA) is 86.9 Å². The van der Waals surface area contributed by atoms with E-state index in [9.17, 15) is 9.59 Å². The maximum absolute atomic E-state index is 11.9. The lowest BCUT2D eigenvalue weighted by atomic mass is 10.1. The Bertz CT molecular complexity index is 703. The van der Waals surface area contributed by atoms with E-state index in [-0.39, 0.29) is 17.7 Å². The fourth-order valence-corrected chi connectivity index (χ4v) is 2.88. The number of nitrogens with zero attached hydrogens (tertiary/aromatic N) is 1. The lowest BCUT2D eigenvalue weighted by Gasteiger charge is -2.03. The zero-order valence-corrected chi connectivity index (χ0v) is 12.2. The number of Topliss-reactive ketones (excluding diaryl/α,β-unsaturated/α-hetero) is 1. The van der Waals surface area contributed by atoms with E-state index in [4.69, 9.17) is 0 Å². The second-order valence-corrected chi connectivity index (χ2v) is 5.55. The van der Waals surface area contributed by atoms with Gasteiger partial charge < -0.3 is 5.32 Å². The predicted octanol–water partition coefficient (Wildman–Crippen LogP) is 1.86. The molecular formula is C14H14N4O2S. The van der Waals surface area contributed by atoms with Gasteiger partial charge in [-0.25, -0.2) is 0 Å². The summed E-state index contributed by atoms with van der Waals surface area (Å²) in [6.07, 6.45) is 3.21. The van der Waals surface area contributed by atoms with Crippen LogP contribution in [0, 0.1) is 0 Å². The zero-order valence-electron chi connectivity index (χ0n) is 11.3. The first-order chi connectivity index (χ1) is 10.1. The molecule has 0 bridgehead atoms. The van der Waals surface area contributed by atoms with Gasteiger partial charge >= 0.3 is 0 Å². The smallest absolute Gasteiger partial charge is 0.249 e. The third kappa shape index (κ3) is 2.79. The molecule has 0 spiro atoms. The van der Waals surface area contributed by atoms with Crippen LogP contribution in [-0.2, 0) is 16.1 Å². The van der Waals surface area contributed by atoms with Crippen molar-refractivity contribution in [1.82, 2.24) is 15.5 Å². The van der Waals surface area contributed by atoms with Crippen LogP contribution in [-0.4, -0.2) is 21.9 Å². The summed E-state index contributed by atoms with van der Waals surface area (Å²) in [7, 11) is 0. The van der Waals surface area contributed by atoms with Crippen LogP contribution in [0.4, 0.5) is 5.82 Å². The molecule has 108 valence electrons. The van der Waals surface area contributed by atoms with Crippen LogP contribution in [0.25, 0.3) is 6.08 Å². The van der Waals surface area contributed by atoms with Crippen molar-refractivity contribution < 1.29 is 9.59 Å². The van der Waals surface area contributed by atoms with Crippen molar-refractivity contribution in [2.75, 3.05) is 5.32 Å². The van der Waals surface area contributed by atoms with E-state index in [1.807, 2.05) is 16.8 Å². The molecule has 0 radical (unpaired) electrons. The van der Waals surface area contributed by atoms with Gasteiger partial charge in [0, 0.05) is 18.2 Å². The van der Waals surface area contributed by atoms with E-state index in [0.29, 0.717) is 12.4 Å². The maximum Gasteiger partial charge on any atom is 0.249 e. The molecule has 0 saturated carbocycles. The largest absolute Gasteiger partial charge is 0.305 e. The van der Waals surface area contributed by atoms with Crippen molar-refractivity contribution in [1.29, 1.82) is 0 Å². The van der Waals surface area contributed by atoms with Gasteiger partial charge in [-0.2, -0.15) is 16.4 Å². The minimum absolute atomic E-state index is 0.0210. The first-order valence-corrected chi connectivity index (χ1v) is 7.41. The highest BCUT2D eigenvalue weighted by atomic mass is 32.1. The molecule has 1 aliphatic heterocycles. The molecule has 0 saturated heterocycles. The van der Waals surface area contributed by atoms with Crippen LogP contribution < -0.4 is 10.6 Å². The van der Waals surface area contributed by atoms with E-state index >= 15 is 0 Å². The van der Waals surface area contributed by atoms with Gasteiger partial charge in [0.15, 0.2) is 11.6 Å². The van der Waals surface area contributed by atoms with Gasteiger partial charge in [-0.05, 0) is 35.4 Å². The van der Waals surface area contributed by atoms with Gasteiger partial charge in [-0.1, -0.05) is 0 Å². The van der Waals surface area contributed by atoms with Crippen molar-refractivity contribution >= 4 is 34.9 Å². The summed E-state index contributed by atoms with van der Waals surface area (Å²) in [5.74, 6) is 0.246. The number of aromatic nitrogens is 2. The molecule has 0 aliphatic carbocycles.